The van der Waals surface area contributed by atoms with Crippen LogP contribution in [0.5, 0.6) is 11.5 Å². The van der Waals surface area contributed by atoms with Crippen LogP contribution in [0.2, 0.25) is 0 Å². The number of benzene rings is 2. The molecule has 1 aliphatic heterocycles. The van der Waals surface area contributed by atoms with E-state index in [0.29, 0.717) is 28.4 Å². The van der Waals surface area contributed by atoms with E-state index in [-0.39, 0.29) is 29.6 Å². The van der Waals surface area contributed by atoms with Crippen LogP contribution in [0.3, 0.4) is 0 Å². The first-order chi connectivity index (χ1) is 14.5. The van der Waals surface area contributed by atoms with Crippen molar-refractivity contribution in [1.82, 2.24) is 0 Å². The lowest BCUT2D eigenvalue weighted by Gasteiger charge is -2.19. The van der Waals surface area contributed by atoms with Crippen molar-refractivity contribution in [3.63, 3.8) is 0 Å². The fourth-order valence-corrected chi connectivity index (χ4v) is 4.28. The number of ether oxygens (including phenoxy) is 2. The Bertz CT molecular complexity index is 962. The molecule has 156 valence electrons. The zero-order valence-electron chi connectivity index (χ0n) is 17.0. The fraction of sp³-hybridized carbons (Fsp3) is 0.348. The molecule has 2 aromatic rings. The van der Waals surface area contributed by atoms with E-state index in [1.54, 1.807) is 49.6 Å². The first-order valence-corrected chi connectivity index (χ1v) is 10.0. The van der Waals surface area contributed by atoms with Gasteiger partial charge in [-0.05, 0) is 49.2 Å². The molecule has 4 rings (SSSR count). The van der Waals surface area contributed by atoms with Gasteiger partial charge in [0.2, 0.25) is 11.8 Å². The summed E-state index contributed by atoms with van der Waals surface area (Å²) in [5.74, 6) is 0.127. The highest BCUT2D eigenvalue weighted by molar-refractivity contribution is 6.22. The van der Waals surface area contributed by atoms with E-state index in [0.717, 1.165) is 25.7 Å². The maximum atomic E-state index is 12.7. The number of nitrogens with zero attached hydrogens (tertiary/aromatic N) is 1. The lowest BCUT2D eigenvalue weighted by molar-refractivity contribution is -0.122. The van der Waals surface area contributed by atoms with Gasteiger partial charge < -0.3 is 14.8 Å². The van der Waals surface area contributed by atoms with Gasteiger partial charge in [-0.1, -0.05) is 12.8 Å². The number of rotatable bonds is 5. The van der Waals surface area contributed by atoms with Crippen molar-refractivity contribution < 1.29 is 23.9 Å². The molecule has 3 amide bonds. The van der Waals surface area contributed by atoms with Crippen LogP contribution in [-0.2, 0) is 9.59 Å². The van der Waals surface area contributed by atoms with Gasteiger partial charge in [-0.15, -0.1) is 0 Å². The molecular formula is C23H24N2O5. The summed E-state index contributed by atoms with van der Waals surface area (Å²) >= 11 is 0. The molecule has 1 saturated carbocycles. The Hall–Kier alpha value is -3.35. The van der Waals surface area contributed by atoms with E-state index in [2.05, 4.69) is 5.32 Å². The van der Waals surface area contributed by atoms with E-state index in [1.807, 2.05) is 0 Å². The molecule has 2 atom stereocenters. The minimum absolute atomic E-state index is 0.122. The number of carbonyl (C=O) groups is 3. The van der Waals surface area contributed by atoms with E-state index in [9.17, 15) is 14.4 Å². The van der Waals surface area contributed by atoms with Gasteiger partial charge in [0.25, 0.3) is 5.91 Å². The third kappa shape index (κ3) is 3.51. The summed E-state index contributed by atoms with van der Waals surface area (Å²) < 4.78 is 10.5. The quantitative estimate of drug-likeness (QED) is 0.764. The summed E-state index contributed by atoms with van der Waals surface area (Å²) in [5, 5.41) is 2.81. The Morgan fingerprint density at radius 2 is 1.57 bits per heavy atom. The zero-order valence-corrected chi connectivity index (χ0v) is 17.0. The molecule has 2 fully saturated rings. The third-order valence-electron chi connectivity index (χ3n) is 5.88. The summed E-state index contributed by atoms with van der Waals surface area (Å²) in [6.07, 6.45) is 3.52. The van der Waals surface area contributed by atoms with Crippen molar-refractivity contribution >= 4 is 29.1 Å². The molecule has 1 saturated heterocycles. The maximum Gasteiger partial charge on any atom is 0.255 e. The Balaban J connectivity index is 1.52. The Morgan fingerprint density at radius 3 is 2.13 bits per heavy atom. The minimum atomic E-state index is -0.333. The maximum absolute atomic E-state index is 12.7. The average molecular weight is 408 g/mol. The summed E-state index contributed by atoms with van der Waals surface area (Å²) in [7, 11) is 3.07. The normalized spacial score (nSPS) is 20.7. The number of fused-ring (bicyclic) bond motifs is 1. The van der Waals surface area contributed by atoms with Crippen LogP contribution in [0, 0.1) is 11.8 Å². The lowest BCUT2D eigenvalue weighted by Crippen LogP contribution is -2.30. The van der Waals surface area contributed by atoms with Crippen molar-refractivity contribution in [1.29, 1.82) is 0 Å². The van der Waals surface area contributed by atoms with Crippen LogP contribution in [0.1, 0.15) is 36.0 Å². The van der Waals surface area contributed by atoms with E-state index in [4.69, 9.17) is 9.47 Å². The monoisotopic (exact) mass is 408 g/mol. The average Bonchev–Trinajstić information content (AvgIpc) is 3.04. The van der Waals surface area contributed by atoms with Gasteiger partial charge in [0, 0.05) is 11.6 Å². The van der Waals surface area contributed by atoms with Crippen LogP contribution >= 0.6 is 0 Å². The predicted octanol–water partition coefficient (Wildman–Crippen LogP) is 3.64. The van der Waals surface area contributed by atoms with E-state index < -0.39 is 0 Å². The number of imide groups is 1. The summed E-state index contributed by atoms with van der Waals surface area (Å²) in [6.45, 7) is 0. The first-order valence-electron chi connectivity index (χ1n) is 10.0. The summed E-state index contributed by atoms with van der Waals surface area (Å²) in [6, 6.07) is 11.6. The minimum Gasteiger partial charge on any atom is -0.497 e. The van der Waals surface area contributed by atoms with Crippen molar-refractivity contribution in [2.24, 2.45) is 11.8 Å². The molecule has 0 radical (unpaired) electrons. The van der Waals surface area contributed by atoms with Crippen LogP contribution in [0.4, 0.5) is 11.4 Å². The molecule has 0 unspecified atom stereocenters. The van der Waals surface area contributed by atoms with Crippen molar-refractivity contribution in [3.05, 3.63) is 48.0 Å². The van der Waals surface area contributed by atoms with Crippen LogP contribution in [-0.4, -0.2) is 31.9 Å². The molecule has 1 N–H and O–H groups in total. The van der Waals surface area contributed by atoms with Gasteiger partial charge in [0.1, 0.15) is 11.5 Å². The van der Waals surface area contributed by atoms with Gasteiger partial charge in [-0.25, -0.2) is 0 Å². The highest BCUT2D eigenvalue weighted by Gasteiger charge is 2.48. The molecule has 0 bridgehead atoms. The van der Waals surface area contributed by atoms with E-state index in [1.165, 1.54) is 12.0 Å². The first kappa shape index (κ1) is 19.9. The number of methoxy groups -OCH3 is 2. The van der Waals surface area contributed by atoms with Crippen LogP contribution < -0.4 is 19.7 Å². The second-order valence-corrected chi connectivity index (χ2v) is 7.58. The largest absolute Gasteiger partial charge is 0.497 e. The van der Waals surface area contributed by atoms with Crippen molar-refractivity contribution in [2.75, 3.05) is 24.4 Å². The smallest absolute Gasteiger partial charge is 0.255 e. The van der Waals surface area contributed by atoms with E-state index >= 15 is 0 Å². The number of amides is 3. The molecule has 7 nitrogen and oxygen atoms in total. The molecule has 1 heterocycles. The topological polar surface area (TPSA) is 84.9 Å². The fourth-order valence-electron chi connectivity index (χ4n) is 4.28. The molecule has 7 heteroatoms. The SMILES string of the molecule is COc1ccc(OC)c(NC(=O)c2ccc(N3C(=O)[C@H]4CCCC[C@@H]4C3=O)cc2)c1. The molecule has 1 aliphatic carbocycles. The lowest BCUT2D eigenvalue weighted by atomic mass is 9.81. The molecule has 0 spiro atoms. The number of hydrogen-bond acceptors (Lipinski definition) is 5. The highest BCUT2D eigenvalue weighted by Crippen LogP contribution is 2.40. The Kier molecular flexibility index (Phi) is 5.44. The van der Waals surface area contributed by atoms with Crippen LogP contribution in [0.25, 0.3) is 0 Å². The van der Waals surface area contributed by atoms with Crippen LogP contribution in [0.15, 0.2) is 42.5 Å². The molecule has 2 aliphatic rings. The number of anilines is 2. The second-order valence-electron chi connectivity index (χ2n) is 7.58. The number of nitrogens with one attached hydrogen (secondary N) is 1. The Labute approximate surface area is 175 Å². The number of carbonyl (C=O) groups excluding carboxylic acids is 3. The summed E-state index contributed by atoms with van der Waals surface area (Å²) in [4.78, 5) is 39.5. The number of hydrogen-bond donors (Lipinski definition) is 1. The molecular weight excluding hydrogens is 384 g/mol. The van der Waals surface area contributed by atoms with Gasteiger partial charge in [-0.3, -0.25) is 19.3 Å². The molecule has 0 aromatic heterocycles. The molecule has 30 heavy (non-hydrogen) atoms. The van der Waals surface area contributed by atoms with Crippen molar-refractivity contribution in [3.8, 4) is 11.5 Å². The zero-order chi connectivity index (χ0) is 21.3. The standard InChI is InChI=1S/C23H24N2O5/c1-29-16-11-12-20(30-2)19(13-16)24-21(26)14-7-9-15(10-8-14)25-22(27)17-5-3-4-6-18(17)23(25)28/h7-13,17-18H,3-6H2,1-2H3,(H,24,26)/t17-,18-/m0/s1. The molecule has 2 aromatic carbocycles. The van der Waals surface area contributed by atoms with Gasteiger partial charge in [0.05, 0.1) is 37.4 Å². The summed E-state index contributed by atoms with van der Waals surface area (Å²) in [5.41, 5.74) is 1.40. The second kappa shape index (κ2) is 8.18. The van der Waals surface area contributed by atoms with Gasteiger partial charge in [-0.2, -0.15) is 0 Å². The van der Waals surface area contributed by atoms with Crippen molar-refractivity contribution in [2.45, 2.75) is 25.7 Å². The van der Waals surface area contributed by atoms with Gasteiger partial charge >= 0.3 is 0 Å². The third-order valence-corrected chi connectivity index (χ3v) is 5.88. The highest BCUT2D eigenvalue weighted by atomic mass is 16.5. The van der Waals surface area contributed by atoms with Gasteiger partial charge in [0.15, 0.2) is 0 Å². The predicted molar refractivity (Wildman–Crippen MR) is 112 cm³/mol. The Morgan fingerprint density at radius 1 is 0.933 bits per heavy atom.